The van der Waals surface area contributed by atoms with Crippen molar-refractivity contribution in [3.8, 4) is 51.0 Å². The minimum Gasteiger partial charge on any atom is -0.355 e. The van der Waals surface area contributed by atoms with Gasteiger partial charge >= 0.3 is 0 Å². The summed E-state index contributed by atoms with van der Waals surface area (Å²) in [5.74, 6) is 1.90. The molecule has 270 valence electrons. The van der Waals surface area contributed by atoms with E-state index < -0.39 is 0 Å². The highest BCUT2D eigenvalue weighted by atomic mass is 15.0. The molecule has 0 aliphatic heterocycles. The van der Waals surface area contributed by atoms with Crippen molar-refractivity contribution in [2.45, 2.75) is 13.8 Å². The number of anilines is 2. The molecular formula is C50H40N6. The number of allylic oxidation sites excluding steroid dienone is 2. The second-order valence-corrected chi connectivity index (χ2v) is 13.3. The van der Waals surface area contributed by atoms with E-state index in [0.29, 0.717) is 17.5 Å². The van der Waals surface area contributed by atoms with Crippen LogP contribution in [-0.4, -0.2) is 25.7 Å². The van der Waals surface area contributed by atoms with Crippen LogP contribution in [0.4, 0.5) is 11.4 Å². The van der Waals surface area contributed by atoms with E-state index >= 15 is 0 Å². The van der Waals surface area contributed by atoms with Gasteiger partial charge in [0.15, 0.2) is 17.5 Å². The lowest BCUT2D eigenvalue weighted by atomic mass is 10.0. The summed E-state index contributed by atoms with van der Waals surface area (Å²) in [6, 6.07) is 59.9. The molecule has 7 aromatic carbocycles. The number of rotatable bonds is 8. The fraction of sp³-hybridized carbons (Fsp3) is 0.0400. The first-order valence-electron chi connectivity index (χ1n) is 18.7. The molecule has 6 heteroatoms. The molecule has 0 saturated heterocycles. The largest absolute Gasteiger partial charge is 0.355 e. The van der Waals surface area contributed by atoms with Crippen molar-refractivity contribution in [3.63, 3.8) is 0 Å². The third kappa shape index (κ3) is 7.36. The highest BCUT2D eigenvalue weighted by Crippen LogP contribution is 2.37. The summed E-state index contributed by atoms with van der Waals surface area (Å²) >= 11 is 0. The maximum absolute atomic E-state index is 8.26. The van der Waals surface area contributed by atoms with Crippen molar-refractivity contribution in [2.24, 2.45) is 0 Å². The highest BCUT2D eigenvalue weighted by molar-refractivity contribution is 6.12. The van der Waals surface area contributed by atoms with E-state index in [4.69, 9.17) is 20.4 Å². The first-order valence-corrected chi connectivity index (χ1v) is 18.7. The monoisotopic (exact) mass is 724 g/mol. The molecule has 0 spiro atoms. The Morgan fingerprint density at radius 3 is 1.61 bits per heavy atom. The zero-order chi connectivity index (χ0) is 38.3. The lowest BCUT2D eigenvalue weighted by Gasteiger charge is -2.13. The van der Waals surface area contributed by atoms with Crippen LogP contribution >= 0.6 is 0 Å². The lowest BCUT2D eigenvalue weighted by Crippen LogP contribution is -2.00. The molecule has 9 rings (SSSR count). The molecule has 0 aliphatic rings. The van der Waals surface area contributed by atoms with Crippen molar-refractivity contribution in [1.29, 1.82) is 5.41 Å². The fourth-order valence-corrected chi connectivity index (χ4v) is 6.79. The van der Waals surface area contributed by atoms with Crippen LogP contribution in [0.1, 0.15) is 19.4 Å². The van der Waals surface area contributed by atoms with Gasteiger partial charge in [-0.3, -0.25) is 0 Å². The zero-order valence-electron chi connectivity index (χ0n) is 31.3. The van der Waals surface area contributed by atoms with Gasteiger partial charge in [0.1, 0.15) is 0 Å². The molecule has 56 heavy (non-hydrogen) atoms. The number of para-hydroxylation sites is 2. The van der Waals surface area contributed by atoms with Gasteiger partial charge in [0.05, 0.1) is 11.0 Å². The van der Waals surface area contributed by atoms with Gasteiger partial charge in [-0.1, -0.05) is 140 Å². The minimum absolute atomic E-state index is 0.625. The number of hydrogen-bond donors (Lipinski definition) is 2. The van der Waals surface area contributed by atoms with Crippen LogP contribution in [-0.2, 0) is 0 Å². The van der Waals surface area contributed by atoms with Gasteiger partial charge in [0.25, 0.3) is 0 Å². The average Bonchev–Trinajstić information content (AvgIpc) is 3.60. The van der Waals surface area contributed by atoms with Crippen molar-refractivity contribution >= 4 is 39.4 Å². The number of hydrogen-bond acceptors (Lipinski definition) is 5. The molecule has 0 amide bonds. The number of aromatic nitrogens is 4. The fourth-order valence-electron chi connectivity index (χ4n) is 6.79. The second kappa shape index (κ2) is 16.3. The van der Waals surface area contributed by atoms with Crippen LogP contribution in [0.5, 0.6) is 0 Å². The molecular weight excluding hydrogens is 685 g/mol. The predicted octanol–water partition coefficient (Wildman–Crippen LogP) is 13.0. The normalized spacial score (nSPS) is 11.0. The van der Waals surface area contributed by atoms with E-state index in [2.05, 4.69) is 94.8 Å². The molecule has 9 aromatic rings. The van der Waals surface area contributed by atoms with E-state index in [0.717, 1.165) is 72.2 Å². The molecule has 0 unspecified atom stereocenters. The van der Waals surface area contributed by atoms with Crippen molar-refractivity contribution in [1.82, 2.24) is 19.5 Å². The van der Waals surface area contributed by atoms with Gasteiger partial charge < -0.3 is 15.3 Å². The van der Waals surface area contributed by atoms with Crippen molar-refractivity contribution in [3.05, 3.63) is 194 Å². The van der Waals surface area contributed by atoms with Gasteiger partial charge in [-0.25, -0.2) is 15.0 Å². The predicted molar refractivity (Wildman–Crippen MR) is 234 cm³/mol. The molecule has 0 saturated carbocycles. The van der Waals surface area contributed by atoms with Crippen molar-refractivity contribution < 1.29 is 0 Å². The maximum Gasteiger partial charge on any atom is 0.164 e. The maximum atomic E-state index is 8.26. The summed E-state index contributed by atoms with van der Waals surface area (Å²) < 4.78 is 2.28. The third-order valence-corrected chi connectivity index (χ3v) is 9.66. The van der Waals surface area contributed by atoms with Crippen molar-refractivity contribution in [2.75, 3.05) is 5.32 Å². The van der Waals surface area contributed by atoms with Gasteiger partial charge in [0.2, 0.25) is 0 Å². The van der Waals surface area contributed by atoms with Crippen LogP contribution < -0.4 is 5.32 Å². The summed E-state index contributed by atoms with van der Waals surface area (Å²) in [5.41, 5.74) is 10.9. The number of nitrogens with one attached hydrogen (secondary N) is 2. The van der Waals surface area contributed by atoms with E-state index in [1.165, 1.54) is 6.21 Å². The van der Waals surface area contributed by atoms with Crippen LogP contribution in [0.15, 0.2) is 188 Å². The summed E-state index contributed by atoms with van der Waals surface area (Å²) in [4.78, 5) is 14.7. The topological polar surface area (TPSA) is 79.5 Å². The standard InChI is InChI=1S/C46H32N6.C4H8/c47-30-36-28-43-40(29-41(36)48-37-19-8-3-9-20-37)39-21-10-11-22-42(39)52(43)38-25-23-31(24-26-38)34-17-12-18-35(27-34)46-50-44(32-13-4-1-5-14-32)49-45(51-46)33-15-6-2-7-16-33;1-3-4-2/h1-30,47-48H;3-4H,1-2H3/b;4-3-. The minimum atomic E-state index is 0.625. The Labute approximate surface area is 327 Å². The summed E-state index contributed by atoms with van der Waals surface area (Å²) in [6.45, 7) is 4.00. The third-order valence-electron chi connectivity index (χ3n) is 9.66. The van der Waals surface area contributed by atoms with Crippen LogP contribution in [0.25, 0.3) is 72.8 Å². The Bertz CT molecular complexity index is 2730. The Hall–Kier alpha value is -7.44. The lowest BCUT2D eigenvalue weighted by molar-refractivity contribution is 1.07. The van der Waals surface area contributed by atoms with Crippen LogP contribution in [0.2, 0.25) is 0 Å². The van der Waals surface area contributed by atoms with E-state index in [9.17, 15) is 0 Å². The molecule has 0 aliphatic carbocycles. The smallest absolute Gasteiger partial charge is 0.164 e. The van der Waals surface area contributed by atoms with Crippen LogP contribution in [0.3, 0.4) is 0 Å². The van der Waals surface area contributed by atoms with Gasteiger partial charge in [-0.05, 0) is 73.5 Å². The Balaban J connectivity index is 0.00000105. The molecule has 2 N–H and O–H groups in total. The second-order valence-electron chi connectivity index (χ2n) is 13.3. The average molecular weight is 725 g/mol. The first kappa shape index (κ1) is 35.6. The van der Waals surface area contributed by atoms with E-state index in [1.54, 1.807) is 0 Å². The number of fused-ring (bicyclic) bond motifs is 3. The molecule has 6 nitrogen and oxygen atoms in total. The molecule has 0 radical (unpaired) electrons. The first-order chi connectivity index (χ1) is 27.6. The van der Waals surface area contributed by atoms with Gasteiger partial charge in [-0.15, -0.1) is 0 Å². The molecule has 0 bridgehead atoms. The molecule has 0 atom stereocenters. The highest BCUT2D eigenvalue weighted by Gasteiger charge is 2.16. The molecule has 0 fully saturated rings. The zero-order valence-corrected chi connectivity index (χ0v) is 31.3. The Kier molecular flexibility index (Phi) is 10.3. The van der Waals surface area contributed by atoms with Gasteiger partial charge in [0, 0.05) is 56.3 Å². The summed E-state index contributed by atoms with van der Waals surface area (Å²) in [5, 5.41) is 14.1. The van der Waals surface area contributed by atoms with E-state index in [1.807, 2.05) is 117 Å². The number of benzene rings is 7. The number of nitrogens with zero attached hydrogens (tertiary/aromatic N) is 4. The quantitative estimate of drug-likeness (QED) is 0.121. The molecule has 2 aromatic heterocycles. The molecule has 2 heterocycles. The summed E-state index contributed by atoms with van der Waals surface area (Å²) in [7, 11) is 0. The summed E-state index contributed by atoms with van der Waals surface area (Å²) in [6.07, 6.45) is 5.42. The Morgan fingerprint density at radius 2 is 1.00 bits per heavy atom. The Morgan fingerprint density at radius 1 is 0.464 bits per heavy atom. The SMILES string of the molecule is C/C=C\C.N=Cc1cc2c(cc1Nc1ccccc1)c1ccccc1n2-c1ccc(-c2cccc(-c3nc(-c4ccccc4)nc(-c4ccccc4)n3)c2)cc1. The van der Waals surface area contributed by atoms with E-state index in [-0.39, 0.29) is 0 Å². The van der Waals surface area contributed by atoms with Gasteiger partial charge in [-0.2, -0.15) is 0 Å². The van der Waals surface area contributed by atoms with Crippen LogP contribution in [0, 0.1) is 5.41 Å².